The van der Waals surface area contributed by atoms with Crippen molar-refractivity contribution in [1.82, 2.24) is 5.32 Å². The molecule has 1 heterocycles. The maximum atomic E-state index is 12.9. The van der Waals surface area contributed by atoms with Crippen molar-refractivity contribution in [2.75, 3.05) is 24.6 Å². The van der Waals surface area contributed by atoms with Gasteiger partial charge in [0.05, 0.1) is 6.61 Å². The Kier molecular flexibility index (Phi) is 4.14. The van der Waals surface area contributed by atoms with E-state index in [1.165, 1.54) is 25.3 Å². The number of benzene rings is 1. The van der Waals surface area contributed by atoms with Crippen LogP contribution in [-0.4, -0.2) is 36.6 Å². The van der Waals surface area contributed by atoms with E-state index in [1.54, 1.807) is 4.90 Å². The minimum atomic E-state index is -0.132. The summed E-state index contributed by atoms with van der Waals surface area (Å²) in [6, 6.07) is 5.55. The summed E-state index contributed by atoms with van der Waals surface area (Å²) < 4.78 is 0. The molecule has 1 spiro atoms. The lowest BCUT2D eigenvalue weighted by Crippen LogP contribution is -2.38. The van der Waals surface area contributed by atoms with Gasteiger partial charge in [-0.2, -0.15) is 0 Å². The molecule has 2 amide bonds. The van der Waals surface area contributed by atoms with Crippen LogP contribution in [0.15, 0.2) is 30.9 Å². The van der Waals surface area contributed by atoms with Crippen molar-refractivity contribution in [1.29, 1.82) is 0 Å². The number of fused-ring (bicyclic) bond motifs is 1. The Morgan fingerprint density at radius 1 is 1.31 bits per heavy atom. The maximum Gasteiger partial charge on any atom is 0.251 e. The highest BCUT2D eigenvalue weighted by molar-refractivity contribution is 6.04. The SMILES string of the molecule is C=CC(=O)N1CCCc2c(C(=O)NCC3(CO)CC34CCC4)cccc21. The number of rotatable bonds is 5. The van der Waals surface area contributed by atoms with Gasteiger partial charge >= 0.3 is 0 Å². The highest BCUT2D eigenvalue weighted by Gasteiger charge is 2.68. The molecule has 2 N–H and O–H groups in total. The van der Waals surface area contributed by atoms with E-state index in [4.69, 9.17) is 0 Å². The molecule has 3 aliphatic rings. The number of nitrogens with zero attached hydrogens (tertiary/aromatic N) is 1. The summed E-state index contributed by atoms with van der Waals surface area (Å²) in [6.45, 7) is 4.89. The van der Waals surface area contributed by atoms with Crippen molar-refractivity contribution in [2.45, 2.75) is 38.5 Å². The maximum absolute atomic E-state index is 12.9. The average molecular weight is 354 g/mol. The van der Waals surface area contributed by atoms with Crippen molar-refractivity contribution < 1.29 is 14.7 Å². The second-order valence-corrected chi connectivity index (χ2v) is 8.03. The van der Waals surface area contributed by atoms with E-state index in [0.29, 0.717) is 18.7 Å². The first kappa shape index (κ1) is 17.3. The van der Waals surface area contributed by atoms with Crippen LogP contribution in [0.4, 0.5) is 5.69 Å². The number of hydrogen-bond donors (Lipinski definition) is 2. The highest BCUT2D eigenvalue weighted by Crippen LogP contribution is 2.73. The summed E-state index contributed by atoms with van der Waals surface area (Å²) in [5.41, 5.74) is 2.53. The van der Waals surface area contributed by atoms with Gasteiger partial charge in [-0.15, -0.1) is 0 Å². The molecule has 2 aliphatic carbocycles. The van der Waals surface area contributed by atoms with Crippen LogP contribution in [-0.2, 0) is 11.2 Å². The first-order valence-corrected chi connectivity index (χ1v) is 9.51. The van der Waals surface area contributed by atoms with Crippen molar-refractivity contribution in [3.8, 4) is 0 Å². The van der Waals surface area contributed by atoms with Gasteiger partial charge in [-0.3, -0.25) is 9.59 Å². The van der Waals surface area contributed by atoms with Crippen LogP contribution < -0.4 is 10.2 Å². The molecule has 0 saturated heterocycles. The van der Waals surface area contributed by atoms with Crippen LogP contribution in [0.1, 0.15) is 48.0 Å². The third kappa shape index (κ3) is 2.49. The summed E-state index contributed by atoms with van der Waals surface area (Å²) in [6.07, 6.45) is 7.53. The quantitative estimate of drug-likeness (QED) is 0.798. The molecule has 0 radical (unpaired) electrons. The molecule has 1 aromatic carbocycles. The lowest BCUT2D eigenvalue weighted by atomic mass is 9.75. The Morgan fingerprint density at radius 3 is 2.73 bits per heavy atom. The molecule has 1 aliphatic heterocycles. The van der Waals surface area contributed by atoms with Crippen LogP contribution in [0, 0.1) is 10.8 Å². The van der Waals surface area contributed by atoms with Crippen LogP contribution in [0.2, 0.25) is 0 Å². The van der Waals surface area contributed by atoms with Crippen molar-refractivity contribution in [3.05, 3.63) is 42.0 Å². The summed E-state index contributed by atoms with van der Waals surface area (Å²) in [7, 11) is 0. The van der Waals surface area contributed by atoms with Gasteiger partial charge in [0, 0.05) is 29.8 Å². The van der Waals surface area contributed by atoms with E-state index < -0.39 is 0 Å². The molecule has 0 bridgehead atoms. The van der Waals surface area contributed by atoms with Gasteiger partial charge in [0.25, 0.3) is 5.91 Å². The van der Waals surface area contributed by atoms with E-state index in [0.717, 1.165) is 30.5 Å². The number of hydrogen-bond acceptors (Lipinski definition) is 3. The zero-order valence-corrected chi connectivity index (χ0v) is 15.1. The Labute approximate surface area is 154 Å². The molecular weight excluding hydrogens is 328 g/mol. The van der Waals surface area contributed by atoms with Crippen molar-refractivity contribution in [3.63, 3.8) is 0 Å². The zero-order chi connectivity index (χ0) is 18.4. The average Bonchev–Trinajstić information content (AvgIpc) is 3.35. The number of carbonyl (C=O) groups excluding carboxylic acids is 2. The topological polar surface area (TPSA) is 69.6 Å². The fourth-order valence-electron chi connectivity index (χ4n) is 4.96. The first-order chi connectivity index (χ1) is 12.6. The lowest BCUT2D eigenvalue weighted by Gasteiger charge is -2.32. The van der Waals surface area contributed by atoms with Gasteiger partial charge < -0.3 is 15.3 Å². The molecule has 0 aromatic heterocycles. The van der Waals surface area contributed by atoms with Crippen LogP contribution in [0.5, 0.6) is 0 Å². The van der Waals surface area contributed by atoms with Gasteiger partial charge in [-0.25, -0.2) is 0 Å². The third-order valence-electron chi connectivity index (χ3n) is 6.81. The van der Waals surface area contributed by atoms with E-state index in [-0.39, 0.29) is 29.3 Å². The van der Waals surface area contributed by atoms with Crippen LogP contribution in [0.3, 0.4) is 0 Å². The summed E-state index contributed by atoms with van der Waals surface area (Å²) >= 11 is 0. The molecule has 1 unspecified atom stereocenters. The third-order valence-corrected chi connectivity index (χ3v) is 6.81. The Morgan fingerprint density at radius 2 is 2.12 bits per heavy atom. The van der Waals surface area contributed by atoms with Crippen LogP contribution >= 0.6 is 0 Å². The minimum Gasteiger partial charge on any atom is -0.396 e. The number of aliphatic hydroxyl groups is 1. The van der Waals surface area contributed by atoms with Gasteiger partial charge in [0.1, 0.15) is 0 Å². The van der Waals surface area contributed by atoms with E-state index in [1.807, 2.05) is 18.2 Å². The lowest BCUT2D eigenvalue weighted by molar-refractivity contribution is -0.114. The molecule has 4 rings (SSSR count). The molecule has 5 heteroatoms. The number of nitrogens with one attached hydrogen (secondary N) is 1. The van der Waals surface area contributed by atoms with Crippen molar-refractivity contribution in [2.24, 2.45) is 10.8 Å². The fraction of sp³-hybridized carbons (Fsp3) is 0.524. The fourth-order valence-corrected chi connectivity index (χ4v) is 4.96. The van der Waals surface area contributed by atoms with Gasteiger partial charge in [-0.05, 0) is 61.3 Å². The molecule has 1 aromatic rings. The number of carbonyl (C=O) groups is 2. The van der Waals surface area contributed by atoms with Gasteiger partial charge in [0.15, 0.2) is 0 Å². The Balaban J connectivity index is 1.52. The smallest absolute Gasteiger partial charge is 0.251 e. The van der Waals surface area contributed by atoms with E-state index >= 15 is 0 Å². The number of aliphatic hydroxyl groups excluding tert-OH is 1. The summed E-state index contributed by atoms with van der Waals surface area (Å²) in [5, 5.41) is 12.9. The van der Waals surface area contributed by atoms with Gasteiger partial charge in [-0.1, -0.05) is 19.1 Å². The largest absolute Gasteiger partial charge is 0.396 e. The monoisotopic (exact) mass is 354 g/mol. The second-order valence-electron chi connectivity index (χ2n) is 8.03. The Hall–Kier alpha value is -2.14. The highest BCUT2D eigenvalue weighted by atomic mass is 16.3. The summed E-state index contributed by atoms with van der Waals surface area (Å²) in [5.74, 6) is -0.239. The molecule has 5 nitrogen and oxygen atoms in total. The van der Waals surface area contributed by atoms with E-state index in [9.17, 15) is 14.7 Å². The Bertz CT molecular complexity index is 769. The summed E-state index contributed by atoms with van der Waals surface area (Å²) in [4.78, 5) is 26.7. The molecule has 26 heavy (non-hydrogen) atoms. The predicted octanol–water partition coefficient (Wildman–Crippen LogP) is 2.43. The molecular formula is C21H26N2O3. The molecule has 2 saturated carbocycles. The van der Waals surface area contributed by atoms with Crippen LogP contribution in [0.25, 0.3) is 0 Å². The molecule has 2 fully saturated rings. The minimum absolute atomic E-state index is 0.107. The second kappa shape index (κ2) is 6.23. The van der Waals surface area contributed by atoms with Gasteiger partial charge in [0.2, 0.25) is 5.91 Å². The first-order valence-electron chi connectivity index (χ1n) is 9.51. The van der Waals surface area contributed by atoms with E-state index in [2.05, 4.69) is 11.9 Å². The van der Waals surface area contributed by atoms with Crippen molar-refractivity contribution >= 4 is 17.5 Å². The normalized spacial score (nSPS) is 25.2. The molecule has 138 valence electrons. The number of amides is 2. The standard InChI is InChI=1S/C21H26N2O3/c1-2-18(25)23-11-4-7-15-16(6-3-8-17(15)23)19(26)22-13-21(14-24)12-20(21)9-5-10-20/h2-3,6,8,24H,1,4-5,7,9-14H2,(H,22,26). The number of anilines is 1. The zero-order valence-electron chi connectivity index (χ0n) is 15.1. The predicted molar refractivity (Wildman–Crippen MR) is 100 cm³/mol. The molecule has 1 atom stereocenters.